The van der Waals surface area contributed by atoms with Gasteiger partial charge < -0.3 is 15.9 Å². The van der Waals surface area contributed by atoms with Crippen LogP contribution in [0.25, 0.3) is 27.8 Å². The van der Waals surface area contributed by atoms with Crippen LogP contribution in [-0.4, -0.2) is 37.1 Å². The Labute approximate surface area is 159 Å². The first-order valence-corrected chi connectivity index (χ1v) is 8.76. The Morgan fingerprint density at radius 1 is 1.25 bits per heavy atom. The molecule has 0 spiro atoms. The lowest BCUT2D eigenvalue weighted by molar-refractivity contribution is 0.505. The summed E-state index contributed by atoms with van der Waals surface area (Å²) < 4.78 is 1.53. The molecule has 0 atom stereocenters. The second-order valence-electron chi connectivity index (χ2n) is 6.67. The number of benzene rings is 1. The quantitative estimate of drug-likeness (QED) is 0.270. The van der Waals surface area contributed by atoms with Gasteiger partial charge in [-0.1, -0.05) is 0 Å². The summed E-state index contributed by atoms with van der Waals surface area (Å²) >= 11 is 0. The van der Waals surface area contributed by atoms with E-state index < -0.39 is 0 Å². The highest BCUT2D eigenvalue weighted by atomic mass is 16.3. The Kier molecular flexibility index (Phi) is 3.40. The molecule has 6 N–H and O–H groups in total. The summed E-state index contributed by atoms with van der Waals surface area (Å²) in [6, 6.07) is 11.1. The van der Waals surface area contributed by atoms with Crippen molar-refractivity contribution in [1.82, 2.24) is 25.1 Å². The molecule has 0 saturated carbocycles. The number of hydrogen-bond donors (Lipinski definition) is 5. The van der Waals surface area contributed by atoms with E-state index in [-0.39, 0.29) is 11.6 Å². The lowest BCUT2D eigenvalue weighted by Crippen LogP contribution is -2.33. The number of nitrogens with one attached hydrogen (secondary N) is 3. The van der Waals surface area contributed by atoms with Crippen LogP contribution in [0, 0.1) is 12.3 Å². The van der Waals surface area contributed by atoms with E-state index in [9.17, 15) is 5.11 Å². The number of fused-ring (bicyclic) bond motifs is 2. The third-order valence-corrected chi connectivity index (χ3v) is 4.96. The summed E-state index contributed by atoms with van der Waals surface area (Å²) in [5.41, 5.74) is 8.06. The van der Waals surface area contributed by atoms with Crippen molar-refractivity contribution >= 4 is 39.3 Å². The van der Waals surface area contributed by atoms with Crippen LogP contribution in [-0.2, 0) is 0 Å². The second-order valence-corrected chi connectivity index (χ2v) is 6.67. The fourth-order valence-corrected chi connectivity index (χ4v) is 3.47. The summed E-state index contributed by atoms with van der Waals surface area (Å²) in [5.74, 6) is 6.87. The fourth-order valence-electron chi connectivity index (χ4n) is 3.47. The van der Waals surface area contributed by atoms with Gasteiger partial charge >= 0.3 is 0 Å². The van der Waals surface area contributed by atoms with Gasteiger partial charge in [0.25, 0.3) is 0 Å². The van der Waals surface area contributed by atoms with Crippen LogP contribution >= 0.6 is 0 Å². The minimum atomic E-state index is 0.0289. The standard InChI is InChI=1S/C19H18N8O/c1-10-24-15-7-11(4-5-17(15)26(10)21)27-19(20)12(9-23-27)18(28)16-8-14-13(25-16)3-2-6-22-14/h2-8,20,23,25,28H,9,21H2,1H3. The van der Waals surface area contributed by atoms with Crippen LogP contribution in [0.3, 0.4) is 0 Å². The molecular formula is C19H18N8O. The highest BCUT2D eigenvalue weighted by molar-refractivity contribution is 6.13. The Morgan fingerprint density at radius 2 is 2.11 bits per heavy atom. The Hall–Kier alpha value is -3.85. The molecule has 1 aliphatic rings. The van der Waals surface area contributed by atoms with Gasteiger partial charge in [-0.15, -0.1) is 0 Å². The fraction of sp³-hybridized carbons (Fsp3) is 0.105. The first-order chi connectivity index (χ1) is 13.5. The van der Waals surface area contributed by atoms with Crippen molar-refractivity contribution < 1.29 is 5.11 Å². The second kappa shape index (κ2) is 5.83. The van der Waals surface area contributed by atoms with Crippen molar-refractivity contribution in [2.75, 3.05) is 17.4 Å². The molecule has 1 aromatic carbocycles. The van der Waals surface area contributed by atoms with Gasteiger partial charge in [-0.05, 0) is 43.3 Å². The van der Waals surface area contributed by atoms with Crippen molar-refractivity contribution in [3.05, 3.63) is 59.7 Å². The molecule has 4 aromatic rings. The van der Waals surface area contributed by atoms with Crippen LogP contribution in [0.4, 0.5) is 5.69 Å². The van der Waals surface area contributed by atoms with Gasteiger partial charge in [-0.25, -0.2) is 15.1 Å². The highest BCUT2D eigenvalue weighted by Gasteiger charge is 2.28. The van der Waals surface area contributed by atoms with E-state index in [1.54, 1.807) is 17.3 Å². The largest absolute Gasteiger partial charge is 0.505 e. The number of hydrogen-bond acceptors (Lipinski definition) is 6. The van der Waals surface area contributed by atoms with Gasteiger partial charge in [0, 0.05) is 12.7 Å². The number of aromatic amines is 1. The zero-order valence-electron chi connectivity index (χ0n) is 15.1. The molecule has 0 unspecified atom stereocenters. The van der Waals surface area contributed by atoms with Crippen LogP contribution < -0.4 is 16.3 Å². The van der Waals surface area contributed by atoms with Crippen LogP contribution in [0.15, 0.2) is 48.2 Å². The van der Waals surface area contributed by atoms with Crippen LogP contribution in [0.2, 0.25) is 0 Å². The molecule has 5 rings (SSSR count). The molecule has 0 bridgehead atoms. The number of nitrogens with zero attached hydrogens (tertiary/aromatic N) is 4. The molecule has 1 aliphatic heterocycles. The predicted molar refractivity (Wildman–Crippen MR) is 108 cm³/mol. The average Bonchev–Trinajstić information content (AvgIpc) is 3.37. The summed E-state index contributed by atoms with van der Waals surface area (Å²) in [5, 5.41) is 20.9. The molecule has 4 heterocycles. The van der Waals surface area contributed by atoms with E-state index in [1.165, 1.54) is 4.68 Å². The Morgan fingerprint density at radius 3 is 2.93 bits per heavy atom. The van der Waals surface area contributed by atoms with Gasteiger partial charge in [0.1, 0.15) is 17.4 Å². The molecule has 0 radical (unpaired) electrons. The van der Waals surface area contributed by atoms with Crippen LogP contribution in [0.5, 0.6) is 0 Å². The number of aromatic nitrogens is 4. The minimum Gasteiger partial charge on any atom is -0.505 e. The summed E-state index contributed by atoms with van der Waals surface area (Å²) in [6.45, 7) is 2.17. The first kappa shape index (κ1) is 16.3. The lowest BCUT2D eigenvalue weighted by atomic mass is 10.1. The van der Waals surface area contributed by atoms with Gasteiger partial charge in [-0.3, -0.25) is 15.4 Å². The number of amidine groups is 1. The van der Waals surface area contributed by atoms with Crippen molar-refractivity contribution in [2.24, 2.45) is 0 Å². The molecule has 0 amide bonds. The SMILES string of the molecule is Cc1nc2cc(N3NCC(=C(O)c4cc5ncccc5[nH]4)C3=N)ccc2n1N. The van der Waals surface area contributed by atoms with Crippen molar-refractivity contribution in [3.63, 3.8) is 0 Å². The Bertz CT molecular complexity index is 1250. The molecule has 28 heavy (non-hydrogen) atoms. The van der Waals surface area contributed by atoms with Gasteiger partial charge in [0.05, 0.1) is 39.0 Å². The van der Waals surface area contributed by atoms with Crippen LogP contribution in [0.1, 0.15) is 11.5 Å². The van der Waals surface area contributed by atoms with Gasteiger partial charge in [0.2, 0.25) is 0 Å². The van der Waals surface area contributed by atoms with E-state index >= 15 is 0 Å². The van der Waals surface area contributed by atoms with Gasteiger partial charge in [-0.2, -0.15) is 0 Å². The maximum absolute atomic E-state index is 10.7. The maximum Gasteiger partial charge on any atom is 0.148 e. The zero-order valence-corrected chi connectivity index (χ0v) is 15.1. The maximum atomic E-state index is 10.7. The lowest BCUT2D eigenvalue weighted by Gasteiger charge is -2.17. The average molecular weight is 374 g/mol. The van der Waals surface area contributed by atoms with Crippen molar-refractivity contribution in [1.29, 1.82) is 5.41 Å². The number of anilines is 1. The molecule has 1 fully saturated rings. The number of nitrogen functional groups attached to an aromatic ring is 1. The van der Waals surface area contributed by atoms with E-state index in [1.807, 2.05) is 37.3 Å². The molecule has 140 valence electrons. The molecule has 0 aliphatic carbocycles. The number of H-pyrrole nitrogens is 1. The van der Waals surface area contributed by atoms with E-state index in [0.717, 1.165) is 27.8 Å². The highest BCUT2D eigenvalue weighted by Crippen LogP contribution is 2.27. The number of nitrogens with two attached hydrogens (primary N) is 1. The summed E-state index contributed by atoms with van der Waals surface area (Å²) in [6.07, 6.45) is 1.70. The predicted octanol–water partition coefficient (Wildman–Crippen LogP) is 2.21. The monoisotopic (exact) mass is 374 g/mol. The van der Waals surface area contributed by atoms with E-state index in [4.69, 9.17) is 11.3 Å². The zero-order chi connectivity index (χ0) is 19.4. The molecule has 9 heteroatoms. The summed E-state index contributed by atoms with van der Waals surface area (Å²) in [7, 11) is 0. The van der Waals surface area contributed by atoms with Gasteiger partial charge in [0.15, 0.2) is 0 Å². The number of rotatable bonds is 2. The third kappa shape index (κ3) is 2.33. The normalized spacial score (nSPS) is 16.5. The van der Waals surface area contributed by atoms with E-state index in [2.05, 4.69) is 20.4 Å². The number of aliphatic hydroxyl groups is 1. The molecule has 9 nitrogen and oxygen atoms in total. The molecule has 1 saturated heterocycles. The topological polar surface area (TPSA) is 132 Å². The number of pyridine rings is 1. The summed E-state index contributed by atoms with van der Waals surface area (Å²) in [4.78, 5) is 11.8. The molecule has 3 aromatic heterocycles. The first-order valence-electron chi connectivity index (χ1n) is 8.76. The number of hydrazine groups is 1. The smallest absolute Gasteiger partial charge is 0.148 e. The van der Waals surface area contributed by atoms with Crippen molar-refractivity contribution in [2.45, 2.75) is 6.92 Å². The Balaban J connectivity index is 1.51. The molecular weight excluding hydrogens is 356 g/mol. The number of aryl methyl sites for hydroxylation is 1. The third-order valence-electron chi connectivity index (χ3n) is 4.96. The number of aliphatic hydroxyl groups excluding tert-OH is 1. The van der Waals surface area contributed by atoms with Crippen molar-refractivity contribution in [3.8, 4) is 0 Å². The minimum absolute atomic E-state index is 0.0289. The number of imidazole rings is 1. The van der Waals surface area contributed by atoms with E-state index in [0.29, 0.717) is 23.6 Å².